The Morgan fingerprint density at radius 1 is 1.08 bits per heavy atom. The third kappa shape index (κ3) is 3.42. The van der Waals surface area contributed by atoms with Gasteiger partial charge in [0.1, 0.15) is 11.9 Å². The van der Waals surface area contributed by atoms with E-state index in [0.29, 0.717) is 30.7 Å². The lowest BCUT2D eigenvalue weighted by atomic mass is 10.0. The number of benzene rings is 2. The fraction of sp³-hybridized carbons (Fsp3) is 0.190. The summed E-state index contributed by atoms with van der Waals surface area (Å²) in [6, 6.07) is 14.9. The number of carbonyl (C=O) groups excluding carboxylic acids is 1. The molecule has 4 rings (SSSR count). The molecular formula is C21H19N3O2. The zero-order valence-corrected chi connectivity index (χ0v) is 14.3. The second-order valence-corrected chi connectivity index (χ2v) is 6.33. The number of nitrogens with two attached hydrogens (primary N) is 1. The molecule has 130 valence electrons. The summed E-state index contributed by atoms with van der Waals surface area (Å²) < 4.78 is 5.30. The highest BCUT2D eigenvalue weighted by Crippen LogP contribution is 2.14. The summed E-state index contributed by atoms with van der Waals surface area (Å²) in [6.07, 6.45) is 5.61. The van der Waals surface area contributed by atoms with Gasteiger partial charge in [0.25, 0.3) is 0 Å². The van der Waals surface area contributed by atoms with Gasteiger partial charge in [-0.15, -0.1) is 0 Å². The Hall–Kier alpha value is -3.21. The maximum absolute atomic E-state index is 12.0. The Labute approximate surface area is 151 Å². The molecule has 1 atom stereocenters. The zero-order valence-electron chi connectivity index (χ0n) is 14.3. The van der Waals surface area contributed by atoms with Crippen LogP contribution in [0.5, 0.6) is 0 Å². The molecular weight excluding hydrogens is 326 g/mol. The minimum Gasteiger partial charge on any atom is -0.462 e. The first kappa shape index (κ1) is 16.3. The van der Waals surface area contributed by atoms with Crippen molar-refractivity contribution >= 4 is 35.4 Å². The van der Waals surface area contributed by atoms with E-state index in [-0.39, 0.29) is 12.0 Å². The maximum Gasteiger partial charge on any atom is 0.338 e. The third-order valence-corrected chi connectivity index (χ3v) is 4.41. The van der Waals surface area contributed by atoms with Gasteiger partial charge in [-0.2, -0.15) is 0 Å². The summed E-state index contributed by atoms with van der Waals surface area (Å²) in [6.45, 7) is 0.339. The van der Waals surface area contributed by atoms with Gasteiger partial charge in [-0.3, -0.25) is 4.99 Å². The van der Waals surface area contributed by atoms with Crippen LogP contribution in [-0.2, 0) is 4.74 Å². The molecule has 0 saturated carbocycles. The molecule has 0 spiro atoms. The lowest BCUT2D eigenvalue weighted by Crippen LogP contribution is -2.33. The molecule has 2 aliphatic rings. The summed E-state index contributed by atoms with van der Waals surface area (Å²) in [7, 11) is 0. The number of esters is 1. The number of rotatable bonds is 5. The Morgan fingerprint density at radius 2 is 1.85 bits per heavy atom. The molecule has 2 N–H and O–H groups in total. The maximum atomic E-state index is 12.0. The van der Waals surface area contributed by atoms with Crippen molar-refractivity contribution in [3.05, 3.63) is 64.5 Å². The molecule has 2 aromatic rings. The van der Waals surface area contributed by atoms with E-state index in [9.17, 15) is 4.79 Å². The van der Waals surface area contributed by atoms with Gasteiger partial charge in [-0.05, 0) is 53.3 Å². The summed E-state index contributed by atoms with van der Waals surface area (Å²) >= 11 is 0. The van der Waals surface area contributed by atoms with Crippen LogP contribution in [0.1, 0.15) is 23.2 Å². The second kappa shape index (κ2) is 6.96. The molecule has 2 aromatic carbocycles. The molecule has 0 bridgehead atoms. The van der Waals surface area contributed by atoms with Crippen molar-refractivity contribution < 1.29 is 9.53 Å². The van der Waals surface area contributed by atoms with Crippen LogP contribution in [0.2, 0.25) is 0 Å². The van der Waals surface area contributed by atoms with Crippen LogP contribution in [0.4, 0.5) is 5.69 Å². The molecule has 1 unspecified atom stereocenters. The number of hydrogen-bond donors (Lipinski definition) is 1. The van der Waals surface area contributed by atoms with Gasteiger partial charge in [-0.25, -0.2) is 9.79 Å². The number of amidine groups is 1. The van der Waals surface area contributed by atoms with E-state index in [1.807, 2.05) is 12.1 Å². The molecule has 26 heavy (non-hydrogen) atoms. The predicted octanol–water partition coefficient (Wildman–Crippen LogP) is 1.70. The van der Waals surface area contributed by atoms with Crippen molar-refractivity contribution in [3.8, 4) is 0 Å². The molecule has 5 nitrogen and oxygen atoms in total. The van der Waals surface area contributed by atoms with Crippen molar-refractivity contribution in [2.45, 2.75) is 18.9 Å². The molecule has 1 aliphatic carbocycles. The lowest BCUT2D eigenvalue weighted by molar-refractivity contribution is 0.0502. The molecule has 0 fully saturated rings. The number of nitrogens with zero attached hydrogens (tertiary/aromatic N) is 2. The van der Waals surface area contributed by atoms with Gasteiger partial charge in [0, 0.05) is 12.1 Å². The summed E-state index contributed by atoms with van der Waals surface area (Å²) in [4.78, 5) is 21.2. The number of nitrogen functional groups attached to an aromatic ring is 1. The van der Waals surface area contributed by atoms with Crippen molar-refractivity contribution in [3.63, 3.8) is 0 Å². The molecule has 0 radical (unpaired) electrons. The fourth-order valence-electron chi connectivity index (χ4n) is 3.05. The van der Waals surface area contributed by atoms with E-state index < -0.39 is 0 Å². The molecule has 1 aliphatic heterocycles. The van der Waals surface area contributed by atoms with Crippen molar-refractivity contribution in [1.29, 1.82) is 0 Å². The smallest absolute Gasteiger partial charge is 0.338 e. The first-order chi connectivity index (χ1) is 12.7. The molecule has 0 amide bonds. The molecule has 0 saturated heterocycles. The lowest BCUT2D eigenvalue weighted by Gasteiger charge is -2.06. The second-order valence-electron chi connectivity index (χ2n) is 6.33. The van der Waals surface area contributed by atoms with Gasteiger partial charge < -0.3 is 10.5 Å². The zero-order chi connectivity index (χ0) is 17.9. The van der Waals surface area contributed by atoms with E-state index in [1.165, 1.54) is 10.4 Å². The van der Waals surface area contributed by atoms with Crippen LogP contribution in [0.3, 0.4) is 0 Å². The average Bonchev–Trinajstić information content (AvgIpc) is 3.05. The number of aliphatic imine (C=N–C) groups is 2. The Morgan fingerprint density at radius 3 is 2.65 bits per heavy atom. The number of fused-ring (bicyclic) bond motifs is 2. The van der Waals surface area contributed by atoms with Crippen LogP contribution in [0.15, 0.2) is 58.5 Å². The Kier molecular flexibility index (Phi) is 4.35. The van der Waals surface area contributed by atoms with Crippen molar-refractivity contribution in [2.24, 2.45) is 9.98 Å². The van der Waals surface area contributed by atoms with E-state index in [4.69, 9.17) is 10.5 Å². The average molecular weight is 345 g/mol. The predicted molar refractivity (Wildman–Crippen MR) is 104 cm³/mol. The van der Waals surface area contributed by atoms with E-state index in [1.54, 1.807) is 24.3 Å². The highest BCUT2D eigenvalue weighted by Gasteiger charge is 2.20. The first-order valence-corrected chi connectivity index (χ1v) is 8.65. The number of hydrogen-bond acceptors (Lipinski definition) is 5. The van der Waals surface area contributed by atoms with Gasteiger partial charge in [-0.1, -0.05) is 24.3 Å². The highest BCUT2D eigenvalue weighted by atomic mass is 16.5. The summed E-state index contributed by atoms with van der Waals surface area (Å²) in [5.74, 6) is 0.476. The molecule has 1 heterocycles. The number of carbonyl (C=O) groups is 1. The van der Waals surface area contributed by atoms with Crippen LogP contribution < -0.4 is 16.2 Å². The van der Waals surface area contributed by atoms with E-state index >= 15 is 0 Å². The first-order valence-electron chi connectivity index (χ1n) is 8.65. The van der Waals surface area contributed by atoms with Gasteiger partial charge >= 0.3 is 5.97 Å². The quantitative estimate of drug-likeness (QED) is 0.509. The normalized spacial score (nSPS) is 17.2. The van der Waals surface area contributed by atoms with Crippen LogP contribution in [0.25, 0.3) is 12.2 Å². The topological polar surface area (TPSA) is 77.0 Å². The summed E-state index contributed by atoms with van der Waals surface area (Å²) in [5.41, 5.74) is 7.72. The van der Waals surface area contributed by atoms with E-state index in [2.05, 4.69) is 34.3 Å². The molecule has 5 heteroatoms. The monoisotopic (exact) mass is 345 g/mol. The largest absolute Gasteiger partial charge is 0.462 e. The summed E-state index contributed by atoms with van der Waals surface area (Å²) in [5, 5.41) is 2.37. The number of ether oxygens (including phenoxy) is 1. The van der Waals surface area contributed by atoms with E-state index in [0.717, 1.165) is 11.5 Å². The Bertz CT molecular complexity index is 1020. The SMILES string of the molecule is Nc1ccc(C(=O)OCCCC2=NC3C=c4ccccc4=CC3=N2)cc1. The minimum absolute atomic E-state index is 0.0113. The van der Waals surface area contributed by atoms with Gasteiger partial charge in [0.15, 0.2) is 0 Å². The third-order valence-electron chi connectivity index (χ3n) is 4.41. The van der Waals surface area contributed by atoms with Gasteiger partial charge in [0.05, 0.1) is 17.9 Å². The number of anilines is 1. The highest BCUT2D eigenvalue weighted by molar-refractivity contribution is 6.24. The van der Waals surface area contributed by atoms with Crippen molar-refractivity contribution in [1.82, 2.24) is 0 Å². The standard InChI is InChI=1S/C21H19N3O2/c22-17-9-7-14(8-10-17)21(25)26-11-3-6-20-23-18-12-15-4-1-2-5-16(15)13-19(18)24-20/h1-2,4-5,7-10,12-13,18H,3,6,11,22H2. The fourth-order valence-corrected chi connectivity index (χ4v) is 3.05. The van der Waals surface area contributed by atoms with Crippen LogP contribution >= 0.6 is 0 Å². The van der Waals surface area contributed by atoms with Crippen molar-refractivity contribution in [2.75, 3.05) is 12.3 Å². The Balaban J connectivity index is 1.31. The van der Waals surface area contributed by atoms with Crippen LogP contribution in [-0.4, -0.2) is 30.2 Å². The van der Waals surface area contributed by atoms with Crippen LogP contribution in [0, 0.1) is 0 Å². The minimum atomic E-state index is -0.338. The molecule has 0 aromatic heterocycles. The van der Waals surface area contributed by atoms with Gasteiger partial charge in [0.2, 0.25) is 0 Å².